The quantitative estimate of drug-likeness (QED) is 0.763. The van der Waals surface area contributed by atoms with Crippen molar-refractivity contribution in [1.29, 1.82) is 0 Å². The van der Waals surface area contributed by atoms with E-state index in [-0.39, 0.29) is 17.3 Å². The Hall–Kier alpha value is -2.23. The molecule has 27 heavy (non-hydrogen) atoms. The standard InChI is InChI=1S/C18H24N4O4S/c1-14-18(27(24,25)21-9-11-26-12-10-21)15(2)22(19-14)13-17(23)20(3)16-7-5-4-6-8-16/h4-8H,9-13H2,1-3H3. The molecule has 1 aliphatic heterocycles. The van der Waals surface area contributed by atoms with Crippen molar-refractivity contribution < 1.29 is 17.9 Å². The molecule has 0 bridgehead atoms. The monoisotopic (exact) mass is 392 g/mol. The van der Waals surface area contributed by atoms with Gasteiger partial charge in [0, 0.05) is 25.8 Å². The molecule has 0 saturated carbocycles. The van der Waals surface area contributed by atoms with Gasteiger partial charge in [0.05, 0.1) is 24.6 Å². The highest BCUT2D eigenvalue weighted by Gasteiger charge is 2.32. The summed E-state index contributed by atoms with van der Waals surface area (Å²) in [6, 6.07) is 9.28. The number of anilines is 1. The van der Waals surface area contributed by atoms with Gasteiger partial charge in [-0.2, -0.15) is 9.40 Å². The lowest BCUT2D eigenvalue weighted by molar-refractivity contribution is -0.119. The van der Waals surface area contributed by atoms with Crippen molar-refractivity contribution in [2.75, 3.05) is 38.3 Å². The zero-order valence-electron chi connectivity index (χ0n) is 15.8. The Morgan fingerprint density at radius 3 is 2.44 bits per heavy atom. The molecule has 1 aliphatic rings. The average Bonchev–Trinajstić information content (AvgIpc) is 2.96. The molecule has 0 unspecified atom stereocenters. The molecule has 1 amide bonds. The number of sulfonamides is 1. The Morgan fingerprint density at radius 1 is 1.19 bits per heavy atom. The average molecular weight is 392 g/mol. The molecule has 0 spiro atoms. The molecule has 2 heterocycles. The first-order valence-electron chi connectivity index (χ1n) is 8.76. The predicted molar refractivity (Wildman–Crippen MR) is 101 cm³/mol. The number of benzene rings is 1. The van der Waals surface area contributed by atoms with Gasteiger partial charge < -0.3 is 9.64 Å². The Labute approximate surface area is 159 Å². The molecule has 0 N–H and O–H groups in total. The summed E-state index contributed by atoms with van der Waals surface area (Å²) in [6.07, 6.45) is 0. The number of carbonyl (C=O) groups excluding carboxylic acids is 1. The van der Waals surface area contributed by atoms with Crippen LogP contribution in [0.4, 0.5) is 5.69 Å². The molecule has 0 radical (unpaired) electrons. The van der Waals surface area contributed by atoms with E-state index >= 15 is 0 Å². The van der Waals surface area contributed by atoms with E-state index < -0.39 is 10.0 Å². The first-order valence-corrected chi connectivity index (χ1v) is 10.2. The second-order valence-electron chi connectivity index (χ2n) is 6.46. The van der Waals surface area contributed by atoms with Crippen molar-refractivity contribution >= 4 is 21.6 Å². The van der Waals surface area contributed by atoms with Gasteiger partial charge >= 0.3 is 0 Å². The second kappa shape index (κ2) is 7.79. The zero-order valence-corrected chi connectivity index (χ0v) is 16.6. The molecule has 1 saturated heterocycles. The highest BCUT2D eigenvalue weighted by Crippen LogP contribution is 2.24. The highest BCUT2D eigenvalue weighted by atomic mass is 32.2. The van der Waals surface area contributed by atoms with Crippen molar-refractivity contribution in [3.05, 3.63) is 41.7 Å². The summed E-state index contributed by atoms with van der Waals surface area (Å²) in [6.45, 7) is 4.71. The molecular formula is C18H24N4O4S. The summed E-state index contributed by atoms with van der Waals surface area (Å²) in [5, 5.41) is 4.32. The van der Waals surface area contributed by atoms with Crippen molar-refractivity contribution in [3.63, 3.8) is 0 Å². The van der Waals surface area contributed by atoms with Crippen LogP contribution in [0.3, 0.4) is 0 Å². The molecule has 1 fully saturated rings. The molecule has 146 valence electrons. The molecule has 3 rings (SSSR count). The van der Waals surface area contributed by atoms with E-state index in [0.29, 0.717) is 37.7 Å². The van der Waals surface area contributed by atoms with Gasteiger partial charge in [-0.25, -0.2) is 8.42 Å². The van der Waals surface area contributed by atoms with Crippen LogP contribution in [0.5, 0.6) is 0 Å². The van der Waals surface area contributed by atoms with Crippen LogP contribution >= 0.6 is 0 Å². The van der Waals surface area contributed by atoms with Crippen LogP contribution in [-0.4, -0.2) is 61.8 Å². The van der Waals surface area contributed by atoms with Gasteiger partial charge in [0.15, 0.2) is 0 Å². The summed E-state index contributed by atoms with van der Waals surface area (Å²) in [5.74, 6) is -0.179. The van der Waals surface area contributed by atoms with Crippen LogP contribution in [0.15, 0.2) is 35.2 Å². The number of amides is 1. The van der Waals surface area contributed by atoms with Gasteiger partial charge in [-0.15, -0.1) is 0 Å². The Bertz CT molecular complexity index is 918. The number of para-hydroxylation sites is 1. The highest BCUT2D eigenvalue weighted by molar-refractivity contribution is 7.89. The van der Waals surface area contributed by atoms with Crippen LogP contribution in [0.1, 0.15) is 11.4 Å². The first-order chi connectivity index (χ1) is 12.8. The number of carbonyl (C=O) groups is 1. The normalized spacial score (nSPS) is 15.7. The van der Waals surface area contributed by atoms with Crippen molar-refractivity contribution in [3.8, 4) is 0 Å². The van der Waals surface area contributed by atoms with Gasteiger partial charge in [-0.3, -0.25) is 9.48 Å². The van der Waals surface area contributed by atoms with Crippen LogP contribution < -0.4 is 4.90 Å². The smallest absolute Gasteiger partial charge is 0.248 e. The van der Waals surface area contributed by atoms with Crippen molar-refractivity contribution in [2.45, 2.75) is 25.3 Å². The summed E-state index contributed by atoms with van der Waals surface area (Å²) in [7, 11) is -1.98. The number of hydrogen-bond donors (Lipinski definition) is 0. The molecule has 1 aromatic carbocycles. The number of morpholine rings is 1. The Balaban J connectivity index is 1.84. The van der Waals surface area contributed by atoms with Crippen molar-refractivity contribution in [1.82, 2.24) is 14.1 Å². The van der Waals surface area contributed by atoms with E-state index in [0.717, 1.165) is 5.69 Å². The Morgan fingerprint density at radius 2 is 1.81 bits per heavy atom. The maximum Gasteiger partial charge on any atom is 0.248 e. The molecule has 2 aromatic rings. The molecular weight excluding hydrogens is 368 g/mol. The summed E-state index contributed by atoms with van der Waals surface area (Å²) in [5.41, 5.74) is 1.63. The summed E-state index contributed by atoms with van der Waals surface area (Å²) >= 11 is 0. The maximum absolute atomic E-state index is 13.0. The lowest BCUT2D eigenvalue weighted by Gasteiger charge is -2.26. The lowest BCUT2D eigenvalue weighted by atomic mass is 10.3. The first kappa shape index (κ1) is 19.5. The zero-order chi connectivity index (χ0) is 19.6. The van der Waals surface area contributed by atoms with E-state index in [1.165, 1.54) is 13.9 Å². The minimum absolute atomic E-state index is 0.0311. The fourth-order valence-electron chi connectivity index (χ4n) is 3.15. The minimum atomic E-state index is -3.67. The second-order valence-corrected chi connectivity index (χ2v) is 8.34. The van der Waals surface area contributed by atoms with E-state index in [4.69, 9.17) is 4.74 Å². The fraction of sp³-hybridized carbons (Fsp3) is 0.444. The number of aryl methyl sites for hydroxylation is 1. The number of hydrogen-bond acceptors (Lipinski definition) is 5. The molecule has 1 aromatic heterocycles. The topological polar surface area (TPSA) is 84.7 Å². The van der Waals surface area contributed by atoms with Gasteiger partial charge in [0.25, 0.3) is 0 Å². The molecule has 8 nitrogen and oxygen atoms in total. The number of nitrogens with zero attached hydrogens (tertiary/aromatic N) is 4. The van der Waals surface area contributed by atoms with E-state index in [9.17, 15) is 13.2 Å². The molecule has 9 heteroatoms. The Kier molecular flexibility index (Phi) is 5.64. The third kappa shape index (κ3) is 3.90. The third-order valence-corrected chi connectivity index (χ3v) is 6.84. The maximum atomic E-state index is 13.0. The minimum Gasteiger partial charge on any atom is -0.379 e. The van der Waals surface area contributed by atoms with Crippen molar-refractivity contribution in [2.24, 2.45) is 0 Å². The SMILES string of the molecule is Cc1nn(CC(=O)N(C)c2ccccc2)c(C)c1S(=O)(=O)N1CCOCC1. The lowest BCUT2D eigenvalue weighted by Crippen LogP contribution is -2.41. The number of likely N-dealkylation sites (N-methyl/N-ethyl adjacent to an activating group) is 1. The van der Waals surface area contributed by atoms with Crippen LogP contribution in [0.2, 0.25) is 0 Å². The largest absolute Gasteiger partial charge is 0.379 e. The van der Waals surface area contributed by atoms with E-state index in [1.54, 1.807) is 20.9 Å². The number of rotatable bonds is 5. The van der Waals surface area contributed by atoms with E-state index in [2.05, 4.69) is 5.10 Å². The molecule has 0 atom stereocenters. The summed E-state index contributed by atoms with van der Waals surface area (Å²) in [4.78, 5) is 14.3. The summed E-state index contributed by atoms with van der Waals surface area (Å²) < 4.78 is 34.1. The number of ether oxygens (including phenoxy) is 1. The molecule has 0 aliphatic carbocycles. The van der Waals surface area contributed by atoms with Crippen LogP contribution in [0.25, 0.3) is 0 Å². The van der Waals surface area contributed by atoms with Crippen LogP contribution in [-0.2, 0) is 26.1 Å². The van der Waals surface area contributed by atoms with Crippen LogP contribution in [0, 0.1) is 13.8 Å². The number of aromatic nitrogens is 2. The van der Waals surface area contributed by atoms with Gasteiger partial charge in [0.2, 0.25) is 15.9 Å². The van der Waals surface area contributed by atoms with Gasteiger partial charge in [-0.05, 0) is 26.0 Å². The fourth-order valence-corrected chi connectivity index (χ4v) is 4.93. The third-order valence-electron chi connectivity index (χ3n) is 4.69. The van der Waals surface area contributed by atoms with Gasteiger partial charge in [-0.1, -0.05) is 18.2 Å². The van der Waals surface area contributed by atoms with Gasteiger partial charge in [0.1, 0.15) is 11.4 Å². The van der Waals surface area contributed by atoms with E-state index in [1.807, 2.05) is 30.3 Å². The predicted octanol–water partition coefficient (Wildman–Crippen LogP) is 1.18.